The lowest BCUT2D eigenvalue weighted by atomic mass is 10.1. The minimum absolute atomic E-state index is 0.257. The van der Waals surface area contributed by atoms with Crippen LogP contribution in [0.2, 0.25) is 0 Å². The van der Waals surface area contributed by atoms with E-state index >= 15 is 0 Å². The van der Waals surface area contributed by atoms with E-state index in [1.165, 1.54) is 30.4 Å². The number of ether oxygens (including phenoxy) is 1. The summed E-state index contributed by atoms with van der Waals surface area (Å²) >= 11 is 1.17. The van der Waals surface area contributed by atoms with E-state index in [0.29, 0.717) is 22.1 Å². The van der Waals surface area contributed by atoms with Gasteiger partial charge in [-0.2, -0.15) is 0 Å². The average Bonchev–Trinajstić information content (AvgIpc) is 3.19. The van der Waals surface area contributed by atoms with Gasteiger partial charge < -0.3 is 15.4 Å². The number of alkyl carbamates (subject to hydrolysis) is 1. The van der Waals surface area contributed by atoms with Gasteiger partial charge in [-0.3, -0.25) is 14.9 Å². The van der Waals surface area contributed by atoms with Crippen LogP contribution < -0.4 is 16.0 Å². The Morgan fingerprint density at radius 1 is 1.06 bits per heavy atom. The van der Waals surface area contributed by atoms with Gasteiger partial charge in [-0.25, -0.2) is 14.2 Å². The lowest BCUT2D eigenvalue weighted by Gasteiger charge is -2.19. The molecule has 0 bridgehead atoms. The van der Waals surface area contributed by atoms with Crippen LogP contribution in [0.1, 0.15) is 43.6 Å². The monoisotopic (exact) mass is 484 g/mol. The molecule has 3 rings (SSSR count). The largest absolute Gasteiger partial charge is 0.444 e. The molecule has 0 saturated carbocycles. The van der Waals surface area contributed by atoms with Gasteiger partial charge in [-0.05, 0) is 56.7 Å². The summed E-state index contributed by atoms with van der Waals surface area (Å²) in [6, 6.07) is 11.0. The number of amides is 3. The molecular weight excluding hydrogens is 459 g/mol. The van der Waals surface area contributed by atoms with Crippen LogP contribution in [0.15, 0.2) is 47.8 Å². The van der Waals surface area contributed by atoms with Gasteiger partial charge in [0, 0.05) is 35.7 Å². The van der Waals surface area contributed by atoms with E-state index in [0.717, 1.165) is 5.56 Å². The molecule has 178 valence electrons. The maximum absolute atomic E-state index is 14.4. The van der Waals surface area contributed by atoms with Crippen molar-refractivity contribution in [2.45, 2.75) is 39.8 Å². The van der Waals surface area contributed by atoms with Crippen molar-refractivity contribution in [2.75, 3.05) is 10.6 Å². The summed E-state index contributed by atoms with van der Waals surface area (Å²) in [4.78, 5) is 39.7. The van der Waals surface area contributed by atoms with E-state index in [-0.39, 0.29) is 23.9 Å². The van der Waals surface area contributed by atoms with Crippen molar-refractivity contribution in [1.82, 2.24) is 10.3 Å². The Kier molecular flexibility index (Phi) is 7.62. The number of carbonyl (C=O) groups is 3. The van der Waals surface area contributed by atoms with Gasteiger partial charge in [0.15, 0.2) is 5.13 Å². The zero-order valence-electron chi connectivity index (χ0n) is 19.2. The summed E-state index contributed by atoms with van der Waals surface area (Å²) in [5.74, 6) is -1.20. The third kappa shape index (κ3) is 7.11. The summed E-state index contributed by atoms with van der Waals surface area (Å²) in [5, 5.41) is 9.83. The minimum atomic E-state index is -0.580. The van der Waals surface area contributed by atoms with E-state index in [2.05, 4.69) is 20.9 Å². The van der Waals surface area contributed by atoms with Crippen LogP contribution in [0, 0.1) is 5.82 Å². The molecule has 0 saturated heterocycles. The number of anilines is 2. The van der Waals surface area contributed by atoms with Crippen LogP contribution in [0.3, 0.4) is 0 Å². The molecule has 8 nitrogen and oxygen atoms in total. The topological polar surface area (TPSA) is 109 Å². The summed E-state index contributed by atoms with van der Waals surface area (Å²) < 4.78 is 19.6. The highest BCUT2D eigenvalue weighted by molar-refractivity contribution is 7.14. The number of hydrogen-bond acceptors (Lipinski definition) is 6. The Balaban J connectivity index is 1.59. The van der Waals surface area contributed by atoms with E-state index in [9.17, 15) is 18.8 Å². The second-order valence-electron chi connectivity index (χ2n) is 8.42. The Morgan fingerprint density at radius 3 is 2.38 bits per heavy atom. The summed E-state index contributed by atoms with van der Waals surface area (Å²) in [5.41, 5.74) is 1.61. The zero-order chi connectivity index (χ0) is 24.9. The molecular formula is C24H25FN4O4S. The van der Waals surface area contributed by atoms with Gasteiger partial charge in [0.25, 0.3) is 5.91 Å². The van der Waals surface area contributed by atoms with Crippen LogP contribution in [0.5, 0.6) is 0 Å². The molecule has 0 aliphatic rings. The van der Waals surface area contributed by atoms with Crippen LogP contribution in [-0.4, -0.2) is 28.5 Å². The van der Waals surface area contributed by atoms with Crippen molar-refractivity contribution in [3.63, 3.8) is 0 Å². The van der Waals surface area contributed by atoms with E-state index in [1.54, 1.807) is 56.5 Å². The van der Waals surface area contributed by atoms with Crippen molar-refractivity contribution in [3.8, 4) is 11.3 Å². The SMILES string of the molecule is CC(=O)Nc1ccc(-c2csc(NC(=O)c3ccc(CNC(=O)OC(C)(C)C)cc3)n2)c(F)c1. The van der Waals surface area contributed by atoms with Crippen LogP contribution in [0.25, 0.3) is 11.3 Å². The Bertz CT molecular complexity index is 1200. The highest BCUT2D eigenvalue weighted by atomic mass is 32.1. The molecule has 3 N–H and O–H groups in total. The molecule has 0 aliphatic heterocycles. The number of aromatic nitrogens is 1. The van der Waals surface area contributed by atoms with Gasteiger partial charge in [0.1, 0.15) is 11.4 Å². The zero-order valence-corrected chi connectivity index (χ0v) is 20.0. The fraction of sp³-hybridized carbons (Fsp3) is 0.250. The number of nitrogens with zero attached hydrogens (tertiary/aromatic N) is 1. The third-order valence-corrected chi connectivity index (χ3v) is 5.10. The molecule has 0 spiro atoms. The highest BCUT2D eigenvalue weighted by Crippen LogP contribution is 2.29. The van der Waals surface area contributed by atoms with Gasteiger partial charge in [0.05, 0.1) is 5.69 Å². The number of thiazole rings is 1. The molecule has 0 radical (unpaired) electrons. The molecule has 0 atom stereocenters. The number of carbonyl (C=O) groups excluding carboxylic acids is 3. The minimum Gasteiger partial charge on any atom is -0.444 e. The van der Waals surface area contributed by atoms with Gasteiger partial charge in [-0.1, -0.05) is 12.1 Å². The first-order valence-electron chi connectivity index (χ1n) is 10.4. The summed E-state index contributed by atoms with van der Waals surface area (Å²) in [6.07, 6.45) is -0.518. The average molecular weight is 485 g/mol. The molecule has 0 aliphatic carbocycles. The molecule has 0 unspecified atom stereocenters. The number of hydrogen-bond donors (Lipinski definition) is 3. The van der Waals surface area contributed by atoms with Crippen molar-refractivity contribution in [3.05, 3.63) is 64.8 Å². The quantitative estimate of drug-likeness (QED) is 0.446. The summed E-state index contributed by atoms with van der Waals surface area (Å²) in [6.45, 7) is 6.96. The van der Waals surface area contributed by atoms with Crippen LogP contribution >= 0.6 is 11.3 Å². The summed E-state index contributed by atoms with van der Waals surface area (Å²) in [7, 11) is 0. The van der Waals surface area contributed by atoms with E-state index in [4.69, 9.17) is 4.74 Å². The normalized spacial score (nSPS) is 11.0. The first kappa shape index (κ1) is 24.8. The van der Waals surface area contributed by atoms with E-state index < -0.39 is 17.5 Å². The van der Waals surface area contributed by atoms with Crippen LogP contribution in [-0.2, 0) is 16.1 Å². The molecule has 3 amide bonds. The Hall–Kier alpha value is -3.79. The molecule has 2 aromatic carbocycles. The smallest absolute Gasteiger partial charge is 0.407 e. The van der Waals surface area contributed by atoms with Gasteiger partial charge >= 0.3 is 6.09 Å². The van der Waals surface area contributed by atoms with E-state index in [1.807, 2.05) is 0 Å². The van der Waals surface area contributed by atoms with Crippen molar-refractivity contribution >= 4 is 40.1 Å². The predicted octanol–water partition coefficient (Wildman–Crippen LogP) is 5.18. The lowest BCUT2D eigenvalue weighted by molar-refractivity contribution is -0.114. The van der Waals surface area contributed by atoms with Crippen molar-refractivity contribution in [1.29, 1.82) is 0 Å². The second-order valence-corrected chi connectivity index (χ2v) is 9.28. The standard InChI is InChI=1S/C24H25FN4O4S/c1-14(30)27-17-9-10-18(19(25)11-17)20-13-34-22(28-20)29-21(31)16-7-5-15(6-8-16)12-26-23(32)33-24(2,3)4/h5-11,13H,12H2,1-4H3,(H,26,32)(H,27,30)(H,28,29,31). The first-order valence-corrected chi connectivity index (χ1v) is 11.3. The maximum Gasteiger partial charge on any atom is 0.407 e. The molecule has 1 aromatic heterocycles. The van der Waals surface area contributed by atoms with Crippen molar-refractivity contribution < 1.29 is 23.5 Å². The molecule has 34 heavy (non-hydrogen) atoms. The third-order valence-electron chi connectivity index (χ3n) is 4.34. The lowest BCUT2D eigenvalue weighted by Crippen LogP contribution is -2.32. The maximum atomic E-state index is 14.4. The Labute approximate surface area is 200 Å². The number of nitrogens with one attached hydrogen (secondary N) is 3. The number of benzene rings is 2. The second kappa shape index (κ2) is 10.4. The predicted molar refractivity (Wildman–Crippen MR) is 129 cm³/mol. The fourth-order valence-corrected chi connectivity index (χ4v) is 3.60. The number of rotatable bonds is 6. The fourth-order valence-electron chi connectivity index (χ4n) is 2.89. The van der Waals surface area contributed by atoms with Crippen LogP contribution in [0.4, 0.5) is 20.0 Å². The van der Waals surface area contributed by atoms with Gasteiger partial charge in [0.2, 0.25) is 5.91 Å². The highest BCUT2D eigenvalue weighted by Gasteiger charge is 2.16. The first-order chi connectivity index (χ1) is 16.0. The molecule has 3 aromatic rings. The Morgan fingerprint density at radius 2 is 1.76 bits per heavy atom. The molecule has 10 heteroatoms. The number of halogens is 1. The van der Waals surface area contributed by atoms with Crippen molar-refractivity contribution in [2.24, 2.45) is 0 Å². The molecule has 0 fully saturated rings. The molecule has 1 heterocycles. The van der Waals surface area contributed by atoms with Gasteiger partial charge in [-0.15, -0.1) is 11.3 Å².